The fraction of sp³-hybridized carbons (Fsp3) is 0.0526. The third kappa shape index (κ3) is 4.63. The second-order valence-electron chi connectivity index (χ2n) is 5.41. The number of amides is 2. The smallest absolute Gasteiger partial charge is 0.338 e. The van der Waals surface area contributed by atoms with Crippen molar-refractivity contribution in [1.82, 2.24) is 0 Å². The topological polar surface area (TPSA) is 121 Å². The molecule has 0 fully saturated rings. The minimum absolute atomic E-state index is 0.166. The molecule has 0 bridgehead atoms. The molecule has 9 heteroatoms. The Morgan fingerprint density at radius 1 is 1.11 bits per heavy atom. The van der Waals surface area contributed by atoms with E-state index in [2.05, 4.69) is 10.6 Å². The van der Waals surface area contributed by atoms with Gasteiger partial charge in [0.2, 0.25) is 0 Å². The van der Waals surface area contributed by atoms with E-state index in [1.54, 1.807) is 17.5 Å². The van der Waals surface area contributed by atoms with Gasteiger partial charge in [-0.3, -0.25) is 9.59 Å². The van der Waals surface area contributed by atoms with Crippen LogP contribution in [0.25, 0.3) is 0 Å². The largest absolute Gasteiger partial charge is 0.459 e. The van der Waals surface area contributed by atoms with Crippen molar-refractivity contribution in [2.24, 2.45) is 0 Å². The fourth-order valence-electron chi connectivity index (χ4n) is 2.16. The molecule has 2 heterocycles. The second-order valence-corrected chi connectivity index (χ2v) is 6.32. The standard InChI is InChI=1S/C19H13N3O5S/c20-10-13-7-9-28-18(13)22-16(23)11-27-19(25)12-3-5-14(6-4-12)21-17(24)15-2-1-8-26-15/h1-9H,11H2,(H,21,24)(H,22,23). The van der Waals surface area contributed by atoms with Crippen molar-refractivity contribution < 1.29 is 23.5 Å². The van der Waals surface area contributed by atoms with Gasteiger partial charge in [0.25, 0.3) is 11.8 Å². The van der Waals surface area contributed by atoms with Crippen LogP contribution in [0.15, 0.2) is 58.5 Å². The molecule has 0 aliphatic heterocycles. The van der Waals surface area contributed by atoms with E-state index in [9.17, 15) is 14.4 Å². The highest BCUT2D eigenvalue weighted by atomic mass is 32.1. The van der Waals surface area contributed by atoms with Gasteiger partial charge in [0, 0.05) is 5.69 Å². The molecule has 0 aliphatic carbocycles. The lowest BCUT2D eigenvalue weighted by atomic mass is 10.2. The van der Waals surface area contributed by atoms with Crippen LogP contribution in [0.1, 0.15) is 26.5 Å². The number of rotatable bonds is 6. The predicted molar refractivity (Wildman–Crippen MR) is 101 cm³/mol. The number of ether oxygens (including phenoxy) is 1. The van der Waals surface area contributed by atoms with Crippen LogP contribution in [-0.4, -0.2) is 24.4 Å². The second kappa shape index (κ2) is 8.66. The Morgan fingerprint density at radius 2 is 1.89 bits per heavy atom. The Kier molecular flexibility index (Phi) is 5.84. The molecule has 3 rings (SSSR count). The molecule has 28 heavy (non-hydrogen) atoms. The molecule has 1 aromatic carbocycles. The Hall–Kier alpha value is -3.90. The van der Waals surface area contributed by atoms with Gasteiger partial charge in [-0.25, -0.2) is 4.79 Å². The number of esters is 1. The lowest BCUT2D eigenvalue weighted by Crippen LogP contribution is -2.20. The van der Waals surface area contributed by atoms with Gasteiger partial charge in [0.15, 0.2) is 12.4 Å². The Bertz CT molecular complexity index is 1030. The molecule has 0 saturated heterocycles. The molecule has 0 saturated carbocycles. The molecule has 0 atom stereocenters. The minimum Gasteiger partial charge on any atom is -0.459 e. The summed E-state index contributed by atoms with van der Waals surface area (Å²) in [5.74, 6) is -1.48. The first-order chi connectivity index (χ1) is 13.6. The quantitative estimate of drug-likeness (QED) is 0.618. The monoisotopic (exact) mass is 395 g/mol. The van der Waals surface area contributed by atoms with Crippen LogP contribution in [0.2, 0.25) is 0 Å². The Labute approximate surface area is 163 Å². The number of thiophene rings is 1. The minimum atomic E-state index is -0.689. The number of nitrogens with one attached hydrogen (secondary N) is 2. The Morgan fingerprint density at radius 3 is 2.57 bits per heavy atom. The van der Waals surface area contributed by atoms with E-state index >= 15 is 0 Å². The van der Waals surface area contributed by atoms with Crippen molar-refractivity contribution in [2.45, 2.75) is 0 Å². The lowest BCUT2D eigenvalue weighted by molar-refractivity contribution is -0.119. The summed E-state index contributed by atoms with van der Waals surface area (Å²) in [6.07, 6.45) is 1.39. The summed E-state index contributed by atoms with van der Waals surface area (Å²) in [6, 6.07) is 12.7. The summed E-state index contributed by atoms with van der Waals surface area (Å²) in [5, 5.41) is 16.1. The summed E-state index contributed by atoms with van der Waals surface area (Å²) < 4.78 is 9.96. The van der Waals surface area contributed by atoms with Crippen molar-refractivity contribution in [2.75, 3.05) is 17.2 Å². The van der Waals surface area contributed by atoms with Crippen LogP contribution in [0.3, 0.4) is 0 Å². The molecule has 2 amide bonds. The third-order valence-electron chi connectivity index (χ3n) is 3.50. The van der Waals surface area contributed by atoms with Crippen molar-refractivity contribution in [3.05, 3.63) is 71.0 Å². The molecular formula is C19H13N3O5S. The highest BCUT2D eigenvalue weighted by Crippen LogP contribution is 2.22. The first kappa shape index (κ1) is 18.9. The molecule has 0 unspecified atom stereocenters. The predicted octanol–water partition coefficient (Wildman–Crippen LogP) is 3.26. The van der Waals surface area contributed by atoms with Crippen molar-refractivity contribution in [3.8, 4) is 6.07 Å². The third-order valence-corrected chi connectivity index (χ3v) is 4.33. The highest BCUT2D eigenvalue weighted by Gasteiger charge is 2.13. The van der Waals surface area contributed by atoms with Gasteiger partial charge in [-0.05, 0) is 47.8 Å². The molecule has 0 radical (unpaired) electrons. The molecular weight excluding hydrogens is 382 g/mol. The number of furan rings is 1. The van der Waals surface area contributed by atoms with Crippen molar-refractivity contribution >= 4 is 39.8 Å². The summed E-state index contributed by atoms with van der Waals surface area (Å²) in [4.78, 5) is 35.8. The molecule has 0 spiro atoms. The van der Waals surface area contributed by atoms with Crippen molar-refractivity contribution in [1.29, 1.82) is 5.26 Å². The van der Waals surface area contributed by atoms with Gasteiger partial charge in [0.05, 0.1) is 17.4 Å². The zero-order valence-corrected chi connectivity index (χ0v) is 15.1. The number of anilines is 2. The number of hydrogen-bond acceptors (Lipinski definition) is 7. The number of nitrogens with zero attached hydrogens (tertiary/aromatic N) is 1. The van der Waals surface area contributed by atoms with E-state index in [0.29, 0.717) is 16.3 Å². The number of carbonyl (C=O) groups is 3. The van der Waals surface area contributed by atoms with Gasteiger partial charge < -0.3 is 19.8 Å². The van der Waals surface area contributed by atoms with E-state index < -0.39 is 24.4 Å². The SMILES string of the molecule is N#Cc1ccsc1NC(=O)COC(=O)c1ccc(NC(=O)c2ccco2)cc1. The highest BCUT2D eigenvalue weighted by molar-refractivity contribution is 7.14. The molecule has 0 aliphatic rings. The van der Waals surface area contributed by atoms with Gasteiger partial charge >= 0.3 is 5.97 Å². The van der Waals surface area contributed by atoms with E-state index in [4.69, 9.17) is 14.4 Å². The van der Waals surface area contributed by atoms with Gasteiger partial charge in [-0.1, -0.05) is 0 Å². The first-order valence-corrected chi connectivity index (χ1v) is 8.84. The van der Waals surface area contributed by atoms with Crippen LogP contribution >= 0.6 is 11.3 Å². The molecule has 2 N–H and O–H groups in total. The van der Waals surface area contributed by atoms with E-state index in [1.165, 1.54) is 47.9 Å². The van der Waals surface area contributed by atoms with E-state index in [-0.39, 0.29) is 11.3 Å². The summed E-state index contributed by atoms with van der Waals surface area (Å²) in [5.41, 5.74) is 1.03. The maximum atomic E-state index is 12.0. The zero-order chi connectivity index (χ0) is 19.9. The zero-order valence-electron chi connectivity index (χ0n) is 14.3. The molecule has 3 aromatic rings. The summed E-state index contributed by atoms with van der Waals surface area (Å²) in [7, 11) is 0. The average Bonchev–Trinajstić information content (AvgIpc) is 3.38. The molecule has 2 aromatic heterocycles. The first-order valence-electron chi connectivity index (χ1n) is 7.96. The number of nitriles is 1. The number of hydrogen-bond donors (Lipinski definition) is 2. The van der Waals surface area contributed by atoms with Crippen LogP contribution in [0, 0.1) is 11.3 Å². The van der Waals surface area contributed by atoms with Crippen LogP contribution in [-0.2, 0) is 9.53 Å². The normalized spacial score (nSPS) is 9.96. The maximum Gasteiger partial charge on any atom is 0.338 e. The number of carbonyl (C=O) groups excluding carboxylic acids is 3. The van der Waals surface area contributed by atoms with Crippen molar-refractivity contribution in [3.63, 3.8) is 0 Å². The van der Waals surface area contributed by atoms with Crippen LogP contribution in [0.5, 0.6) is 0 Å². The molecule has 8 nitrogen and oxygen atoms in total. The fourth-order valence-corrected chi connectivity index (χ4v) is 2.91. The van der Waals surface area contributed by atoms with E-state index in [0.717, 1.165) is 0 Å². The van der Waals surface area contributed by atoms with Crippen LogP contribution < -0.4 is 10.6 Å². The van der Waals surface area contributed by atoms with E-state index in [1.807, 2.05) is 6.07 Å². The summed E-state index contributed by atoms with van der Waals surface area (Å²) >= 11 is 1.20. The van der Waals surface area contributed by atoms with Gasteiger partial charge in [-0.2, -0.15) is 5.26 Å². The van der Waals surface area contributed by atoms with Crippen LogP contribution in [0.4, 0.5) is 10.7 Å². The maximum absolute atomic E-state index is 12.0. The Balaban J connectivity index is 1.51. The summed E-state index contributed by atoms with van der Waals surface area (Å²) in [6.45, 7) is -0.488. The lowest BCUT2D eigenvalue weighted by Gasteiger charge is -2.07. The number of benzene rings is 1. The average molecular weight is 395 g/mol. The molecule has 140 valence electrons. The van der Waals surface area contributed by atoms with Gasteiger partial charge in [0.1, 0.15) is 11.1 Å². The van der Waals surface area contributed by atoms with Gasteiger partial charge in [-0.15, -0.1) is 11.3 Å².